The highest BCUT2D eigenvalue weighted by Gasteiger charge is 2.36. The number of nitrogens with zero attached hydrogens (tertiary/aromatic N) is 2. The molecule has 8 heteroatoms. The van der Waals surface area contributed by atoms with E-state index in [1.54, 1.807) is 54.3 Å². The number of fused-ring (bicyclic) bond motifs is 1. The minimum Gasteiger partial charge on any atom is -0.311 e. The minimum atomic E-state index is -1.16. The second kappa shape index (κ2) is 10.5. The van der Waals surface area contributed by atoms with Crippen LogP contribution in [0, 0.1) is 0 Å². The first kappa shape index (κ1) is 26.5. The van der Waals surface area contributed by atoms with Crippen LogP contribution in [0.2, 0.25) is 15.1 Å². The Morgan fingerprint density at radius 1 is 0.833 bits per heavy atom. The molecule has 0 bridgehead atoms. The van der Waals surface area contributed by atoms with Crippen LogP contribution in [0.3, 0.4) is 0 Å². The van der Waals surface area contributed by atoms with Crippen molar-refractivity contribution in [1.82, 2.24) is 9.55 Å². The number of aromatic nitrogens is 2. The zero-order valence-electron chi connectivity index (χ0n) is 18.9. The van der Waals surface area contributed by atoms with Gasteiger partial charge in [0.1, 0.15) is 4.87 Å². The third-order valence-electron chi connectivity index (χ3n) is 6.16. The van der Waals surface area contributed by atoms with Crippen molar-refractivity contribution in [1.29, 1.82) is 0 Å². The molecule has 1 unspecified atom stereocenters. The molecular weight excluding hydrogens is 558 g/mol. The van der Waals surface area contributed by atoms with Gasteiger partial charge in [-0.3, -0.25) is 9.78 Å². The van der Waals surface area contributed by atoms with E-state index >= 15 is 0 Å². The van der Waals surface area contributed by atoms with Crippen LogP contribution in [0.15, 0.2) is 96.1 Å². The summed E-state index contributed by atoms with van der Waals surface area (Å²) < 4.78 is 1.61. The van der Waals surface area contributed by atoms with Crippen molar-refractivity contribution in [2.24, 2.45) is 7.05 Å². The second-order valence-corrected chi connectivity index (χ2v) is 10.1. The molecule has 0 radical (unpaired) electrons. The normalized spacial score (nSPS) is 12.7. The lowest BCUT2D eigenvalue weighted by Crippen LogP contribution is -2.24. The zero-order valence-corrected chi connectivity index (χ0v) is 22.7. The topological polar surface area (TPSA) is 34.9 Å². The fraction of sp³-hybridized carbons (Fsp3) is 0.0714. The maximum atomic E-state index is 12.8. The van der Waals surface area contributed by atoms with Gasteiger partial charge in [0, 0.05) is 51.5 Å². The molecule has 0 amide bonds. The molecule has 0 spiro atoms. The summed E-state index contributed by atoms with van der Waals surface area (Å²) in [6.45, 7) is 0. The van der Waals surface area contributed by atoms with Gasteiger partial charge in [0.25, 0.3) is 5.56 Å². The van der Waals surface area contributed by atoms with Crippen molar-refractivity contribution >= 4 is 69.7 Å². The maximum Gasteiger partial charge on any atom is 0.251 e. The number of hydrogen-bond donors (Lipinski definition) is 0. The first-order valence-corrected chi connectivity index (χ1v) is 12.3. The molecule has 2 heterocycles. The molecule has 5 rings (SSSR count). The monoisotopic (exact) mass is 574 g/mol. The van der Waals surface area contributed by atoms with Crippen LogP contribution in [0.1, 0.15) is 16.7 Å². The Kier molecular flexibility index (Phi) is 7.70. The van der Waals surface area contributed by atoms with E-state index in [2.05, 4.69) is 4.98 Å². The molecule has 0 fully saturated rings. The summed E-state index contributed by atoms with van der Waals surface area (Å²) in [7, 11) is 1.75. The van der Waals surface area contributed by atoms with Crippen LogP contribution in [-0.4, -0.2) is 9.55 Å². The summed E-state index contributed by atoms with van der Waals surface area (Å²) in [4.78, 5) is 15.9. The number of hydrogen-bond acceptors (Lipinski definition) is 2. The summed E-state index contributed by atoms with van der Waals surface area (Å²) in [6, 6.07) is 23.9. The Bertz CT molecular complexity index is 1630. The Labute approximate surface area is 234 Å². The molecule has 5 aromatic rings. The number of aryl methyl sites for hydroxylation is 1. The Morgan fingerprint density at radius 3 is 2.25 bits per heavy atom. The van der Waals surface area contributed by atoms with Gasteiger partial charge in [-0.2, -0.15) is 0 Å². The van der Waals surface area contributed by atoms with E-state index in [-0.39, 0.29) is 18.0 Å². The highest BCUT2D eigenvalue weighted by atomic mass is 35.5. The van der Waals surface area contributed by atoms with Crippen LogP contribution in [0.25, 0.3) is 22.0 Å². The molecule has 36 heavy (non-hydrogen) atoms. The van der Waals surface area contributed by atoms with Gasteiger partial charge in [-0.25, -0.2) is 0 Å². The smallest absolute Gasteiger partial charge is 0.251 e. The van der Waals surface area contributed by atoms with Gasteiger partial charge in [0.2, 0.25) is 0 Å². The first-order chi connectivity index (χ1) is 16.8. The highest BCUT2D eigenvalue weighted by molar-refractivity contribution is 6.35. The first-order valence-electron chi connectivity index (χ1n) is 10.7. The molecule has 0 saturated heterocycles. The van der Waals surface area contributed by atoms with E-state index in [0.29, 0.717) is 20.6 Å². The van der Waals surface area contributed by atoms with E-state index in [0.717, 1.165) is 33.2 Å². The zero-order chi connectivity index (χ0) is 24.7. The molecule has 1 atom stereocenters. The van der Waals surface area contributed by atoms with E-state index < -0.39 is 4.87 Å². The predicted octanol–water partition coefficient (Wildman–Crippen LogP) is 8.51. The van der Waals surface area contributed by atoms with Gasteiger partial charge in [-0.1, -0.05) is 65.1 Å². The standard InChI is InChI=1S/C28H18Cl4N2O.ClH/c1-34-26-10-7-19(14-23(26)22(15-27(34)35)17-3-2-4-21(30)13-17)28(32,18-5-8-20(29)9-6-18)24-16-33-12-11-25(24)31;/h2-16H,1H3;1H. The van der Waals surface area contributed by atoms with Crippen molar-refractivity contribution in [2.75, 3.05) is 0 Å². The van der Waals surface area contributed by atoms with Gasteiger partial charge >= 0.3 is 0 Å². The van der Waals surface area contributed by atoms with Crippen LogP contribution in [0.5, 0.6) is 0 Å². The van der Waals surface area contributed by atoms with E-state index in [1.807, 2.05) is 48.5 Å². The number of rotatable bonds is 4. The Hall–Kier alpha value is -2.53. The maximum absolute atomic E-state index is 12.8. The number of benzene rings is 3. The van der Waals surface area contributed by atoms with Crippen molar-refractivity contribution in [2.45, 2.75) is 4.87 Å². The van der Waals surface area contributed by atoms with E-state index in [4.69, 9.17) is 46.4 Å². The fourth-order valence-corrected chi connectivity index (χ4v) is 5.36. The molecule has 3 aromatic carbocycles. The number of halogens is 5. The molecule has 0 N–H and O–H groups in total. The molecule has 2 aromatic heterocycles. The third-order valence-corrected chi connectivity index (χ3v) is 7.62. The van der Waals surface area contributed by atoms with Crippen LogP contribution >= 0.6 is 58.8 Å². The van der Waals surface area contributed by atoms with Crippen molar-refractivity contribution in [3.8, 4) is 11.1 Å². The average molecular weight is 577 g/mol. The highest BCUT2D eigenvalue weighted by Crippen LogP contribution is 2.46. The van der Waals surface area contributed by atoms with Crippen LogP contribution < -0.4 is 5.56 Å². The molecule has 3 nitrogen and oxygen atoms in total. The summed E-state index contributed by atoms with van der Waals surface area (Å²) in [5, 5.41) is 2.52. The van der Waals surface area contributed by atoms with Gasteiger partial charge < -0.3 is 4.57 Å². The Balaban J connectivity index is 0.00000304. The molecule has 0 aliphatic rings. The van der Waals surface area contributed by atoms with Crippen LogP contribution in [-0.2, 0) is 11.9 Å². The summed E-state index contributed by atoms with van der Waals surface area (Å²) in [5.41, 5.74) is 4.44. The SMILES string of the molecule is Cl.Cn1c(=O)cc(-c2cccc(Cl)c2)c2cc(C(Cl)(c3ccc(Cl)cc3)c3cnccc3Cl)ccc21. The fourth-order valence-electron chi connectivity index (χ4n) is 4.36. The van der Waals surface area contributed by atoms with Crippen LogP contribution in [0.4, 0.5) is 0 Å². The van der Waals surface area contributed by atoms with Gasteiger partial charge in [-0.15, -0.1) is 24.0 Å². The summed E-state index contributed by atoms with van der Waals surface area (Å²) >= 11 is 26.6. The molecular formula is C28H19Cl5N2O. The number of pyridine rings is 2. The largest absolute Gasteiger partial charge is 0.311 e. The number of alkyl halides is 1. The predicted molar refractivity (Wildman–Crippen MR) is 153 cm³/mol. The Morgan fingerprint density at radius 2 is 1.56 bits per heavy atom. The summed E-state index contributed by atoms with van der Waals surface area (Å²) in [5.74, 6) is 0. The van der Waals surface area contributed by atoms with Crippen molar-refractivity contribution in [3.63, 3.8) is 0 Å². The second-order valence-electron chi connectivity index (χ2n) is 8.22. The lowest BCUT2D eigenvalue weighted by molar-refractivity contribution is 0.868. The van der Waals surface area contributed by atoms with E-state index in [1.165, 1.54) is 0 Å². The molecule has 0 saturated carbocycles. The van der Waals surface area contributed by atoms with Crippen molar-refractivity contribution in [3.05, 3.63) is 133 Å². The quantitative estimate of drug-likeness (QED) is 0.201. The van der Waals surface area contributed by atoms with Gasteiger partial charge in [0.15, 0.2) is 0 Å². The lowest BCUT2D eigenvalue weighted by atomic mass is 9.83. The molecule has 0 aliphatic heterocycles. The molecule has 0 aliphatic carbocycles. The minimum absolute atomic E-state index is 0. The van der Waals surface area contributed by atoms with Gasteiger partial charge in [-0.05, 0) is 64.7 Å². The third kappa shape index (κ3) is 4.63. The summed E-state index contributed by atoms with van der Waals surface area (Å²) in [6.07, 6.45) is 3.30. The lowest BCUT2D eigenvalue weighted by Gasteiger charge is -2.30. The van der Waals surface area contributed by atoms with E-state index in [9.17, 15) is 4.79 Å². The molecule has 182 valence electrons. The van der Waals surface area contributed by atoms with Gasteiger partial charge in [0.05, 0.1) is 5.52 Å². The average Bonchev–Trinajstić information content (AvgIpc) is 2.86. The van der Waals surface area contributed by atoms with Crippen molar-refractivity contribution < 1.29 is 0 Å².